The molecule has 0 heterocycles. The monoisotopic (exact) mass is 506 g/mol. The van der Waals surface area contributed by atoms with E-state index in [1.54, 1.807) is 36.1 Å². The number of halogens is 2. The molecule has 0 radical (unpaired) electrons. The van der Waals surface area contributed by atoms with Gasteiger partial charge in [0.05, 0.1) is 6.54 Å². The highest BCUT2D eigenvalue weighted by molar-refractivity contribution is 5.74. The number of unbranched alkanes of at least 4 members (excludes halogenated alkanes) is 3. The zero-order chi connectivity index (χ0) is 26.3. The average Bonchev–Trinajstić information content (AvgIpc) is 2.85. The number of carboxylic acid groups (broad SMARTS) is 1. The highest BCUT2D eigenvalue weighted by Gasteiger charge is 2.18. The van der Waals surface area contributed by atoms with Gasteiger partial charge in [-0.1, -0.05) is 44.4 Å². The first-order chi connectivity index (χ1) is 17.3. The summed E-state index contributed by atoms with van der Waals surface area (Å²) in [7, 11) is 0. The van der Waals surface area contributed by atoms with E-state index in [0.717, 1.165) is 43.4 Å². The Morgan fingerprint density at radius 2 is 1.78 bits per heavy atom. The van der Waals surface area contributed by atoms with Crippen molar-refractivity contribution in [1.29, 1.82) is 0 Å². The smallest absolute Gasteiger partial charge is 0.333 e. The zero-order valence-corrected chi connectivity index (χ0v) is 21.0. The number of nitrogens with zero attached hydrogens (tertiary/aromatic N) is 1. The SMILES string of the molecule is CCCCCCN(CCOc1ccc(CC(OCC)C(=O)O)cc1)C(=O)NCc1ccc(F)cc1F. The van der Waals surface area contributed by atoms with Gasteiger partial charge in [0, 0.05) is 37.7 Å². The molecular weight excluding hydrogens is 470 g/mol. The lowest BCUT2D eigenvalue weighted by atomic mass is 10.1. The van der Waals surface area contributed by atoms with Crippen molar-refractivity contribution in [3.05, 3.63) is 65.2 Å². The molecule has 198 valence electrons. The normalized spacial score (nSPS) is 11.7. The lowest BCUT2D eigenvalue weighted by Crippen LogP contribution is -2.42. The summed E-state index contributed by atoms with van der Waals surface area (Å²) in [6, 6.07) is 10.0. The van der Waals surface area contributed by atoms with E-state index in [4.69, 9.17) is 9.47 Å². The number of nitrogens with one attached hydrogen (secondary N) is 1. The summed E-state index contributed by atoms with van der Waals surface area (Å²) in [5.74, 6) is -1.77. The van der Waals surface area contributed by atoms with Crippen LogP contribution in [0.3, 0.4) is 0 Å². The molecule has 0 saturated heterocycles. The third kappa shape index (κ3) is 10.2. The summed E-state index contributed by atoms with van der Waals surface area (Å²) >= 11 is 0. The maximum atomic E-state index is 13.9. The van der Waals surface area contributed by atoms with E-state index < -0.39 is 23.7 Å². The molecule has 0 aliphatic rings. The Balaban J connectivity index is 1.89. The molecule has 2 N–H and O–H groups in total. The van der Waals surface area contributed by atoms with Gasteiger partial charge in [-0.25, -0.2) is 18.4 Å². The fraction of sp³-hybridized carbons (Fsp3) is 0.481. The van der Waals surface area contributed by atoms with Crippen LogP contribution < -0.4 is 10.1 Å². The molecule has 2 aromatic rings. The predicted molar refractivity (Wildman–Crippen MR) is 133 cm³/mol. The van der Waals surface area contributed by atoms with Crippen LogP contribution in [0, 0.1) is 11.6 Å². The highest BCUT2D eigenvalue weighted by atomic mass is 19.1. The van der Waals surface area contributed by atoms with Crippen LogP contribution in [-0.4, -0.2) is 54.4 Å². The maximum absolute atomic E-state index is 13.9. The lowest BCUT2D eigenvalue weighted by Gasteiger charge is -2.23. The van der Waals surface area contributed by atoms with Crippen molar-refractivity contribution < 1.29 is 33.0 Å². The zero-order valence-electron chi connectivity index (χ0n) is 21.0. The minimum absolute atomic E-state index is 0.0438. The Kier molecular flexibility index (Phi) is 12.7. The number of benzene rings is 2. The summed E-state index contributed by atoms with van der Waals surface area (Å²) in [5.41, 5.74) is 1.02. The van der Waals surface area contributed by atoms with E-state index in [1.807, 2.05) is 0 Å². The van der Waals surface area contributed by atoms with Gasteiger partial charge in [0.2, 0.25) is 0 Å². The number of hydrogen-bond acceptors (Lipinski definition) is 4. The minimum atomic E-state index is -1.00. The van der Waals surface area contributed by atoms with Gasteiger partial charge in [0.1, 0.15) is 24.0 Å². The Labute approximate surface area is 211 Å². The summed E-state index contributed by atoms with van der Waals surface area (Å²) in [4.78, 5) is 25.7. The quantitative estimate of drug-likeness (QED) is 0.307. The largest absolute Gasteiger partial charge is 0.492 e. The van der Waals surface area contributed by atoms with Crippen molar-refractivity contribution in [2.75, 3.05) is 26.3 Å². The number of hydrogen-bond donors (Lipinski definition) is 2. The Morgan fingerprint density at radius 1 is 1.03 bits per heavy atom. The van der Waals surface area contributed by atoms with Crippen LogP contribution in [0.5, 0.6) is 5.75 Å². The number of rotatable bonds is 16. The van der Waals surface area contributed by atoms with Gasteiger partial charge in [-0.05, 0) is 37.1 Å². The van der Waals surface area contributed by atoms with E-state index in [2.05, 4.69) is 12.2 Å². The fourth-order valence-corrected chi connectivity index (χ4v) is 3.62. The molecule has 0 bridgehead atoms. The number of carbonyl (C=O) groups excluding carboxylic acids is 1. The van der Waals surface area contributed by atoms with Crippen LogP contribution in [0.25, 0.3) is 0 Å². The van der Waals surface area contributed by atoms with Gasteiger partial charge in [0.25, 0.3) is 0 Å². The highest BCUT2D eigenvalue weighted by Crippen LogP contribution is 2.15. The molecule has 0 fully saturated rings. The molecule has 0 aromatic heterocycles. The molecule has 0 aliphatic heterocycles. The second-order valence-electron chi connectivity index (χ2n) is 8.42. The number of amides is 2. The second kappa shape index (κ2) is 15.7. The van der Waals surface area contributed by atoms with Crippen LogP contribution in [0.4, 0.5) is 13.6 Å². The van der Waals surface area contributed by atoms with E-state index in [0.29, 0.717) is 25.4 Å². The molecule has 7 nitrogen and oxygen atoms in total. The fourth-order valence-electron chi connectivity index (χ4n) is 3.62. The van der Waals surface area contributed by atoms with Crippen LogP contribution in [0.15, 0.2) is 42.5 Å². The molecule has 0 spiro atoms. The first-order valence-electron chi connectivity index (χ1n) is 12.4. The Bertz CT molecular complexity index is 956. The van der Waals surface area contributed by atoms with E-state index >= 15 is 0 Å². The number of carbonyl (C=O) groups is 2. The molecule has 2 amide bonds. The number of carboxylic acids is 1. The van der Waals surface area contributed by atoms with Gasteiger partial charge < -0.3 is 24.8 Å². The number of ether oxygens (including phenoxy) is 2. The first kappa shape index (κ1) is 29.0. The summed E-state index contributed by atoms with van der Waals surface area (Å²) in [5, 5.41) is 11.9. The molecule has 9 heteroatoms. The van der Waals surface area contributed by atoms with Crippen LogP contribution >= 0.6 is 0 Å². The van der Waals surface area contributed by atoms with Gasteiger partial charge in [-0.3, -0.25) is 0 Å². The molecule has 36 heavy (non-hydrogen) atoms. The van der Waals surface area contributed by atoms with Crippen molar-refractivity contribution in [1.82, 2.24) is 10.2 Å². The van der Waals surface area contributed by atoms with Gasteiger partial charge >= 0.3 is 12.0 Å². The molecular formula is C27H36F2N2O5. The lowest BCUT2D eigenvalue weighted by molar-refractivity contribution is -0.149. The molecule has 2 rings (SSSR count). The van der Waals surface area contributed by atoms with E-state index in [9.17, 15) is 23.5 Å². The topological polar surface area (TPSA) is 88.1 Å². The molecule has 0 saturated carbocycles. The summed E-state index contributed by atoms with van der Waals surface area (Å²) in [6.07, 6.45) is 3.34. The third-order valence-corrected chi connectivity index (χ3v) is 5.63. The predicted octanol–water partition coefficient (Wildman–Crippen LogP) is 5.17. The Hall–Kier alpha value is -3.20. The maximum Gasteiger partial charge on any atom is 0.333 e. The number of urea groups is 1. The Morgan fingerprint density at radius 3 is 2.42 bits per heavy atom. The van der Waals surface area contributed by atoms with Gasteiger partial charge in [0.15, 0.2) is 6.10 Å². The second-order valence-corrected chi connectivity index (χ2v) is 8.42. The van der Waals surface area contributed by atoms with Crippen molar-refractivity contribution in [2.24, 2.45) is 0 Å². The van der Waals surface area contributed by atoms with Crippen LogP contribution in [0.1, 0.15) is 50.7 Å². The summed E-state index contributed by atoms with van der Waals surface area (Å²) in [6.45, 7) is 5.26. The van der Waals surface area contributed by atoms with E-state index in [-0.39, 0.29) is 31.2 Å². The van der Waals surface area contributed by atoms with Crippen LogP contribution in [0.2, 0.25) is 0 Å². The third-order valence-electron chi connectivity index (χ3n) is 5.63. The van der Waals surface area contributed by atoms with Crippen LogP contribution in [-0.2, 0) is 22.5 Å². The molecule has 0 aliphatic carbocycles. The average molecular weight is 507 g/mol. The minimum Gasteiger partial charge on any atom is -0.492 e. The van der Waals surface area contributed by atoms with Crippen molar-refractivity contribution in [3.8, 4) is 5.75 Å². The molecule has 1 atom stereocenters. The molecule has 1 unspecified atom stereocenters. The van der Waals surface area contributed by atoms with Crippen molar-refractivity contribution >= 4 is 12.0 Å². The van der Waals surface area contributed by atoms with Gasteiger partial charge in [-0.2, -0.15) is 0 Å². The first-order valence-corrected chi connectivity index (χ1v) is 12.4. The molecule has 2 aromatic carbocycles. The van der Waals surface area contributed by atoms with Crippen molar-refractivity contribution in [2.45, 2.75) is 58.6 Å². The van der Waals surface area contributed by atoms with Gasteiger partial charge in [-0.15, -0.1) is 0 Å². The van der Waals surface area contributed by atoms with E-state index in [1.165, 1.54) is 6.07 Å². The van der Waals surface area contributed by atoms with Crippen molar-refractivity contribution in [3.63, 3.8) is 0 Å². The summed E-state index contributed by atoms with van der Waals surface area (Å²) < 4.78 is 38.1. The number of aliphatic carboxylic acids is 1. The standard InChI is InChI=1S/C27H36F2N2O5/c1-3-5-6-7-14-31(27(34)30-19-21-10-11-22(28)18-24(21)29)15-16-36-23-12-8-20(9-13-23)17-25(26(32)33)35-4-2/h8-13,18,25H,3-7,14-17,19H2,1-2H3,(H,30,34)(H,32,33).